The van der Waals surface area contributed by atoms with Gasteiger partial charge in [-0.15, -0.1) is 19.7 Å². The Labute approximate surface area is 142 Å². The smallest absolute Gasteiger partial charge is 0.0681 e. The van der Waals surface area contributed by atoms with Crippen molar-refractivity contribution in [2.75, 3.05) is 19.8 Å². The third-order valence-corrected chi connectivity index (χ3v) is 1.41. The average molecular weight is 330 g/mol. The molecule has 0 amide bonds. The van der Waals surface area contributed by atoms with Crippen molar-refractivity contribution < 1.29 is 42.1 Å². The molecule has 0 radical (unpaired) electrons. The van der Waals surface area contributed by atoms with E-state index in [-0.39, 0.29) is 48.1 Å². The second-order valence-electron chi connectivity index (χ2n) is 3.06. The van der Waals surface area contributed by atoms with Gasteiger partial charge in [-0.05, 0) is 5.56 Å². The molecule has 118 valence electrons. The molecule has 1 rings (SSSR count). The summed E-state index contributed by atoms with van der Waals surface area (Å²) in [5.41, 5.74) is 0.965. The SMILES string of the molecule is C=CCO.C=CCO.C=CCO.OCc1ccccc1.[Ti]. The Bertz CT molecular complexity index is 283. The summed E-state index contributed by atoms with van der Waals surface area (Å²) in [4.78, 5) is 0. The van der Waals surface area contributed by atoms with Gasteiger partial charge in [0.2, 0.25) is 0 Å². The van der Waals surface area contributed by atoms with E-state index in [1.807, 2.05) is 30.3 Å². The fourth-order valence-corrected chi connectivity index (χ4v) is 0.583. The average Bonchev–Trinajstić information content (AvgIpc) is 2.56. The zero-order valence-electron chi connectivity index (χ0n) is 12.4. The third-order valence-electron chi connectivity index (χ3n) is 1.41. The molecule has 0 saturated heterocycles. The summed E-state index contributed by atoms with van der Waals surface area (Å²) in [6, 6.07) is 9.52. The monoisotopic (exact) mass is 330 g/mol. The van der Waals surface area contributed by atoms with E-state index in [0.29, 0.717) is 0 Å². The van der Waals surface area contributed by atoms with Crippen LogP contribution in [0, 0.1) is 0 Å². The Morgan fingerprint density at radius 2 is 1.00 bits per heavy atom. The van der Waals surface area contributed by atoms with Gasteiger partial charge in [0.15, 0.2) is 0 Å². The third kappa shape index (κ3) is 38.1. The first kappa shape index (κ1) is 28.2. The molecule has 0 aliphatic carbocycles. The molecule has 1 aromatic rings. The Morgan fingerprint density at radius 3 is 1.14 bits per heavy atom. The van der Waals surface area contributed by atoms with E-state index in [0.717, 1.165) is 5.56 Å². The number of aliphatic hydroxyl groups is 4. The summed E-state index contributed by atoms with van der Waals surface area (Å²) < 4.78 is 0. The fraction of sp³-hybridized carbons (Fsp3) is 0.250. The zero-order valence-corrected chi connectivity index (χ0v) is 13.9. The Hall–Kier alpha value is -1.01. The molecule has 0 unspecified atom stereocenters. The van der Waals surface area contributed by atoms with Crippen LogP contribution in [-0.4, -0.2) is 40.2 Å². The largest absolute Gasteiger partial charge is 0.392 e. The first-order valence-electron chi connectivity index (χ1n) is 5.98. The van der Waals surface area contributed by atoms with Gasteiger partial charge >= 0.3 is 0 Å². The van der Waals surface area contributed by atoms with Crippen molar-refractivity contribution in [3.05, 3.63) is 73.9 Å². The molecule has 0 aromatic heterocycles. The van der Waals surface area contributed by atoms with Crippen molar-refractivity contribution in [2.24, 2.45) is 0 Å². The normalized spacial score (nSPS) is 7.05. The summed E-state index contributed by atoms with van der Waals surface area (Å²) in [6.45, 7) is 10.1. The first-order chi connectivity index (χ1) is 9.67. The number of benzene rings is 1. The first-order valence-corrected chi connectivity index (χ1v) is 5.98. The molecular formula is C16H26O4Ti. The van der Waals surface area contributed by atoms with E-state index in [1.165, 1.54) is 18.2 Å². The Balaban J connectivity index is -0.0000000973. The minimum absolute atomic E-state index is 0. The second-order valence-corrected chi connectivity index (χ2v) is 3.06. The van der Waals surface area contributed by atoms with Crippen molar-refractivity contribution in [3.63, 3.8) is 0 Å². The van der Waals surface area contributed by atoms with Gasteiger partial charge in [-0.25, -0.2) is 0 Å². The molecule has 4 nitrogen and oxygen atoms in total. The predicted molar refractivity (Wildman–Crippen MR) is 84.2 cm³/mol. The van der Waals surface area contributed by atoms with Gasteiger partial charge in [-0.2, -0.15) is 0 Å². The van der Waals surface area contributed by atoms with Gasteiger partial charge in [-0.3, -0.25) is 0 Å². The number of aliphatic hydroxyl groups excluding tert-OH is 4. The number of rotatable bonds is 4. The molecule has 0 saturated carbocycles. The van der Waals surface area contributed by atoms with Gasteiger partial charge in [-0.1, -0.05) is 48.6 Å². The maximum absolute atomic E-state index is 8.54. The van der Waals surface area contributed by atoms with Gasteiger partial charge in [0.05, 0.1) is 26.4 Å². The maximum Gasteiger partial charge on any atom is 0.0681 e. The van der Waals surface area contributed by atoms with Crippen molar-refractivity contribution in [1.29, 1.82) is 0 Å². The minimum Gasteiger partial charge on any atom is -0.392 e. The van der Waals surface area contributed by atoms with Gasteiger partial charge in [0.25, 0.3) is 0 Å². The molecule has 5 heteroatoms. The maximum atomic E-state index is 8.54. The molecule has 0 spiro atoms. The fourth-order valence-electron chi connectivity index (χ4n) is 0.583. The molecule has 0 atom stereocenters. The van der Waals surface area contributed by atoms with E-state index in [2.05, 4.69) is 19.7 Å². The van der Waals surface area contributed by atoms with Crippen LogP contribution in [0.5, 0.6) is 0 Å². The molecule has 0 aliphatic rings. The van der Waals surface area contributed by atoms with Crippen LogP contribution in [-0.2, 0) is 28.3 Å². The summed E-state index contributed by atoms with van der Waals surface area (Å²) in [7, 11) is 0. The topological polar surface area (TPSA) is 80.9 Å². The molecule has 0 heterocycles. The van der Waals surface area contributed by atoms with Crippen LogP contribution in [0.4, 0.5) is 0 Å². The Morgan fingerprint density at radius 1 is 0.714 bits per heavy atom. The molecule has 0 aliphatic heterocycles. The van der Waals surface area contributed by atoms with Crippen LogP contribution in [0.25, 0.3) is 0 Å². The predicted octanol–water partition coefficient (Wildman–Crippen LogP) is 1.67. The number of hydrogen-bond donors (Lipinski definition) is 4. The summed E-state index contributed by atoms with van der Waals surface area (Å²) in [6.07, 6.45) is 4.29. The number of hydrogen-bond acceptors (Lipinski definition) is 4. The van der Waals surface area contributed by atoms with Gasteiger partial charge < -0.3 is 20.4 Å². The van der Waals surface area contributed by atoms with Gasteiger partial charge in [0, 0.05) is 21.7 Å². The van der Waals surface area contributed by atoms with Crippen LogP contribution in [0.2, 0.25) is 0 Å². The summed E-state index contributed by atoms with van der Waals surface area (Å²) in [5.74, 6) is 0. The minimum atomic E-state index is 0. The Kier molecular flexibility index (Phi) is 42.2. The summed E-state index contributed by atoms with van der Waals surface area (Å²) >= 11 is 0. The van der Waals surface area contributed by atoms with E-state index in [9.17, 15) is 0 Å². The van der Waals surface area contributed by atoms with Crippen LogP contribution in [0.15, 0.2) is 68.3 Å². The molecule has 21 heavy (non-hydrogen) atoms. The molecule has 1 aromatic carbocycles. The summed E-state index contributed by atoms with van der Waals surface area (Å²) in [5, 5.41) is 31.8. The van der Waals surface area contributed by atoms with E-state index in [1.54, 1.807) is 0 Å². The molecule has 0 fully saturated rings. The van der Waals surface area contributed by atoms with Crippen molar-refractivity contribution in [2.45, 2.75) is 6.61 Å². The molecule has 0 bridgehead atoms. The second kappa shape index (κ2) is 31.4. The van der Waals surface area contributed by atoms with Crippen LogP contribution < -0.4 is 0 Å². The molecule has 4 N–H and O–H groups in total. The van der Waals surface area contributed by atoms with Crippen LogP contribution in [0.3, 0.4) is 0 Å². The standard InChI is InChI=1S/C7H8O.3C3H6O.Ti/c8-6-7-4-2-1-3-5-7;3*1-2-3-4;/h1-5,8H,6H2;3*2,4H,1,3H2;. The van der Waals surface area contributed by atoms with E-state index >= 15 is 0 Å². The quantitative estimate of drug-likeness (QED) is 0.500. The van der Waals surface area contributed by atoms with E-state index < -0.39 is 0 Å². The van der Waals surface area contributed by atoms with Crippen molar-refractivity contribution in [3.8, 4) is 0 Å². The molecular weight excluding hydrogens is 304 g/mol. The van der Waals surface area contributed by atoms with Gasteiger partial charge in [0.1, 0.15) is 0 Å². The zero-order chi connectivity index (χ0) is 16.1. The van der Waals surface area contributed by atoms with Crippen molar-refractivity contribution >= 4 is 0 Å². The van der Waals surface area contributed by atoms with Crippen molar-refractivity contribution in [1.82, 2.24) is 0 Å². The van der Waals surface area contributed by atoms with Crippen LogP contribution in [0.1, 0.15) is 5.56 Å². The van der Waals surface area contributed by atoms with Crippen LogP contribution >= 0.6 is 0 Å². The van der Waals surface area contributed by atoms with E-state index in [4.69, 9.17) is 20.4 Å².